The van der Waals surface area contributed by atoms with Gasteiger partial charge in [-0.05, 0) is 48.2 Å². The molecular weight excluding hydrogens is 236 g/mol. The second-order valence-electron chi connectivity index (χ2n) is 4.91. The van der Waals surface area contributed by atoms with Crippen LogP contribution < -0.4 is 4.74 Å². The van der Waals surface area contributed by atoms with Crippen molar-refractivity contribution in [3.8, 4) is 5.75 Å². The summed E-state index contributed by atoms with van der Waals surface area (Å²) in [5.74, 6) is 0.837. The topological polar surface area (TPSA) is 29.5 Å². The molecule has 2 rings (SSSR count). The fraction of sp³-hybridized carbons (Fsp3) is 0.294. The van der Waals surface area contributed by atoms with Crippen molar-refractivity contribution in [2.24, 2.45) is 0 Å². The van der Waals surface area contributed by atoms with E-state index >= 15 is 0 Å². The molecule has 0 aliphatic rings. The second-order valence-corrected chi connectivity index (χ2v) is 4.91. The van der Waals surface area contributed by atoms with E-state index in [-0.39, 0.29) is 0 Å². The van der Waals surface area contributed by atoms with Crippen molar-refractivity contribution in [3.63, 3.8) is 0 Å². The molecule has 1 atom stereocenters. The molecule has 2 nitrogen and oxygen atoms in total. The van der Waals surface area contributed by atoms with Gasteiger partial charge < -0.3 is 9.84 Å². The van der Waals surface area contributed by atoms with Gasteiger partial charge in [-0.3, -0.25) is 0 Å². The van der Waals surface area contributed by atoms with Gasteiger partial charge >= 0.3 is 0 Å². The first-order valence-corrected chi connectivity index (χ1v) is 6.48. The first-order chi connectivity index (χ1) is 9.10. The fourth-order valence-electron chi connectivity index (χ4n) is 2.07. The van der Waals surface area contributed by atoms with Gasteiger partial charge in [-0.1, -0.05) is 30.3 Å². The van der Waals surface area contributed by atoms with E-state index in [1.165, 1.54) is 11.1 Å². The molecule has 1 unspecified atom stereocenters. The van der Waals surface area contributed by atoms with Gasteiger partial charge in [-0.15, -0.1) is 0 Å². The number of hydrogen-bond donors (Lipinski definition) is 1. The van der Waals surface area contributed by atoms with Crippen LogP contribution in [-0.2, 0) is 6.42 Å². The molecule has 0 amide bonds. The Morgan fingerprint density at radius 3 is 2.26 bits per heavy atom. The molecule has 19 heavy (non-hydrogen) atoms. The summed E-state index contributed by atoms with van der Waals surface area (Å²) in [6, 6.07) is 13.9. The van der Waals surface area contributed by atoms with Crippen molar-refractivity contribution in [1.29, 1.82) is 0 Å². The number of aryl methyl sites for hydroxylation is 2. The number of aliphatic hydroxyl groups is 1. The minimum Gasteiger partial charge on any atom is -0.497 e. The Morgan fingerprint density at radius 1 is 1.00 bits per heavy atom. The highest BCUT2D eigenvalue weighted by molar-refractivity contribution is 5.33. The standard InChI is InChI=1S/C17H20O2/c1-12-4-7-15(10-13(12)2)17(18)11-14-5-8-16(19-3)9-6-14/h4-10,17-18H,11H2,1-3H3. The first kappa shape index (κ1) is 13.6. The number of hydrogen-bond acceptors (Lipinski definition) is 2. The molecule has 2 aromatic rings. The Balaban J connectivity index is 2.10. The van der Waals surface area contributed by atoms with Gasteiger partial charge in [0.2, 0.25) is 0 Å². The van der Waals surface area contributed by atoms with Crippen LogP contribution in [0.5, 0.6) is 5.75 Å². The van der Waals surface area contributed by atoms with Crippen LogP contribution in [0.2, 0.25) is 0 Å². The maximum Gasteiger partial charge on any atom is 0.118 e. The molecule has 0 aromatic heterocycles. The molecule has 0 saturated carbocycles. The Kier molecular flexibility index (Phi) is 4.23. The SMILES string of the molecule is COc1ccc(CC(O)c2ccc(C)c(C)c2)cc1. The largest absolute Gasteiger partial charge is 0.497 e. The van der Waals surface area contributed by atoms with Crippen LogP contribution >= 0.6 is 0 Å². The predicted molar refractivity (Wildman–Crippen MR) is 77.6 cm³/mol. The third kappa shape index (κ3) is 3.36. The molecule has 100 valence electrons. The van der Waals surface area contributed by atoms with Crippen LogP contribution in [0.1, 0.15) is 28.4 Å². The molecule has 0 saturated heterocycles. The Morgan fingerprint density at radius 2 is 1.68 bits per heavy atom. The van der Waals surface area contributed by atoms with Crippen LogP contribution in [-0.4, -0.2) is 12.2 Å². The zero-order valence-corrected chi connectivity index (χ0v) is 11.7. The smallest absolute Gasteiger partial charge is 0.118 e. The van der Waals surface area contributed by atoms with Crippen LogP contribution in [0, 0.1) is 13.8 Å². The van der Waals surface area contributed by atoms with Gasteiger partial charge in [-0.25, -0.2) is 0 Å². The number of benzene rings is 2. The highest BCUT2D eigenvalue weighted by atomic mass is 16.5. The monoisotopic (exact) mass is 256 g/mol. The fourth-order valence-corrected chi connectivity index (χ4v) is 2.07. The van der Waals surface area contributed by atoms with E-state index in [0.717, 1.165) is 16.9 Å². The van der Waals surface area contributed by atoms with Crippen molar-refractivity contribution in [2.45, 2.75) is 26.4 Å². The van der Waals surface area contributed by atoms with E-state index in [9.17, 15) is 5.11 Å². The molecule has 0 fully saturated rings. The van der Waals surface area contributed by atoms with Crippen molar-refractivity contribution in [3.05, 3.63) is 64.7 Å². The molecule has 0 aliphatic carbocycles. The summed E-state index contributed by atoms with van der Waals surface area (Å²) in [4.78, 5) is 0. The van der Waals surface area contributed by atoms with Crippen molar-refractivity contribution >= 4 is 0 Å². The summed E-state index contributed by atoms with van der Waals surface area (Å²) < 4.78 is 5.13. The van der Waals surface area contributed by atoms with E-state index in [2.05, 4.69) is 26.0 Å². The highest BCUT2D eigenvalue weighted by Gasteiger charge is 2.09. The van der Waals surface area contributed by atoms with Gasteiger partial charge in [0.25, 0.3) is 0 Å². The summed E-state index contributed by atoms with van der Waals surface area (Å²) in [6.07, 6.45) is 0.152. The molecule has 0 spiro atoms. The van der Waals surface area contributed by atoms with Gasteiger partial charge in [-0.2, -0.15) is 0 Å². The van der Waals surface area contributed by atoms with E-state index in [0.29, 0.717) is 6.42 Å². The Bertz CT molecular complexity index is 544. The van der Waals surface area contributed by atoms with Gasteiger partial charge in [0.15, 0.2) is 0 Å². The second kappa shape index (κ2) is 5.89. The van der Waals surface area contributed by atoms with Gasteiger partial charge in [0.1, 0.15) is 5.75 Å². The summed E-state index contributed by atoms with van der Waals surface area (Å²) in [6.45, 7) is 4.15. The van der Waals surface area contributed by atoms with E-state index < -0.39 is 6.10 Å². The number of ether oxygens (including phenoxy) is 1. The van der Waals surface area contributed by atoms with E-state index in [4.69, 9.17) is 4.74 Å². The molecular formula is C17H20O2. The molecule has 0 bridgehead atoms. The number of rotatable bonds is 4. The lowest BCUT2D eigenvalue weighted by atomic mass is 9.98. The van der Waals surface area contributed by atoms with E-state index in [1.54, 1.807) is 7.11 Å². The lowest BCUT2D eigenvalue weighted by Crippen LogP contribution is -2.02. The number of methoxy groups -OCH3 is 1. The van der Waals surface area contributed by atoms with Gasteiger partial charge in [0, 0.05) is 6.42 Å². The predicted octanol–water partition coefficient (Wildman–Crippen LogP) is 3.59. The average molecular weight is 256 g/mol. The number of aliphatic hydroxyl groups excluding tert-OH is 1. The lowest BCUT2D eigenvalue weighted by molar-refractivity contribution is 0.178. The first-order valence-electron chi connectivity index (χ1n) is 6.48. The van der Waals surface area contributed by atoms with Crippen LogP contribution in [0.15, 0.2) is 42.5 Å². The van der Waals surface area contributed by atoms with Crippen molar-refractivity contribution in [1.82, 2.24) is 0 Å². The highest BCUT2D eigenvalue weighted by Crippen LogP contribution is 2.22. The normalized spacial score (nSPS) is 12.2. The third-order valence-electron chi connectivity index (χ3n) is 3.50. The summed E-state index contributed by atoms with van der Waals surface area (Å²) in [5, 5.41) is 10.3. The molecule has 2 aromatic carbocycles. The molecule has 1 N–H and O–H groups in total. The van der Waals surface area contributed by atoms with Crippen LogP contribution in [0.4, 0.5) is 0 Å². The summed E-state index contributed by atoms with van der Waals surface area (Å²) >= 11 is 0. The maximum absolute atomic E-state index is 10.3. The van der Waals surface area contributed by atoms with Crippen molar-refractivity contribution in [2.75, 3.05) is 7.11 Å². The zero-order chi connectivity index (χ0) is 13.8. The minimum absolute atomic E-state index is 0.465. The lowest BCUT2D eigenvalue weighted by Gasteiger charge is -2.13. The van der Waals surface area contributed by atoms with Gasteiger partial charge in [0.05, 0.1) is 13.2 Å². The molecule has 0 aliphatic heterocycles. The van der Waals surface area contributed by atoms with Crippen LogP contribution in [0.25, 0.3) is 0 Å². The molecule has 2 heteroatoms. The van der Waals surface area contributed by atoms with Crippen molar-refractivity contribution < 1.29 is 9.84 Å². The average Bonchev–Trinajstić information content (AvgIpc) is 2.42. The zero-order valence-electron chi connectivity index (χ0n) is 11.7. The van der Waals surface area contributed by atoms with E-state index in [1.807, 2.05) is 30.3 Å². The summed E-state index contributed by atoms with van der Waals surface area (Å²) in [7, 11) is 1.65. The molecule has 0 radical (unpaired) electrons. The minimum atomic E-state index is -0.465. The van der Waals surface area contributed by atoms with Crippen LogP contribution in [0.3, 0.4) is 0 Å². The third-order valence-corrected chi connectivity index (χ3v) is 3.50. The maximum atomic E-state index is 10.3. The summed E-state index contributed by atoms with van der Waals surface area (Å²) in [5.41, 5.74) is 4.54. The Hall–Kier alpha value is -1.80. The quantitative estimate of drug-likeness (QED) is 0.906. The molecule has 0 heterocycles. The Labute approximate surface area is 114 Å².